The highest BCUT2D eigenvalue weighted by atomic mass is 127. The predicted octanol–water partition coefficient (Wildman–Crippen LogP) is 2.85. The number of H-pyrrole nitrogens is 2. The van der Waals surface area contributed by atoms with Gasteiger partial charge in [0.05, 0.1) is 31.7 Å². The highest BCUT2D eigenvalue weighted by Gasteiger charge is 2.10. The van der Waals surface area contributed by atoms with Crippen LogP contribution in [-0.2, 0) is 18.7 Å². The smallest absolute Gasteiger partial charge is 0.275 e. The molecule has 140 valence electrons. The molecular weight excluding hydrogens is 458 g/mol. The highest BCUT2D eigenvalue weighted by Crippen LogP contribution is 2.38. The molecule has 0 aliphatic carbocycles. The van der Waals surface area contributed by atoms with Gasteiger partial charge in [0.1, 0.15) is 28.5 Å². The standard InChI is InChI=1S/C15H24IN4O4P/c1-2-23-25(24-7-4-6-22-16)8-3-5-17-9-12-10-18-14-13(12)19-11-20-15(14)21/h10-11,17-18H,2-9H2,1H3,(H,19,20,21). The van der Waals surface area contributed by atoms with E-state index in [-0.39, 0.29) is 5.56 Å². The zero-order valence-corrected chi connectivity index (χ0v) is 17.3. The number of aromatic amines is 2. The summed E-state index contributed by atoms with van der Waals surface area (Å²) in [5.74, 6) is 0. The Hall–Kier alpha value is -0.580. The lowest BCUT2D eigenvalue weighted by atomic mass is 10.3. The SMILES string of the molecule is CCOP(CCCNCc1c[nH]c2c(=O)[nH]cnc12)OCCCOI. The lowest BCUT2D eigenvalue weighted by molar-refractivity contribution is 0.242. The van der Waals surface area contributed by atoms with Gasteiger partial charge in [-0.15, -0.1) is 0 Å². The van der Waals surface area contributed by atoms with Gasteiger partial charge in [0.2, 0.25) is 0 Å². The zero-order chi connectivity index (χ0) is 17.9. The molecule has 0 aliphatic rings. The first kappa shape index (κ1) is 20.7. The van der Waals surface area contributed by atoms with Crippen LogP contribution in [0.2, 0.25) is 0 Å². The van der Waals surface area contributed by atoms with Crippen LogP contribution in [0.15, 0.2) is 17.3 Å². The Bertz CT molecular complexity index is 681. The molecule has 0 aromatic carbocycles. The van der Waals surface area contributed by atoms with Crippen molar-refractivity contribution in [3.8, 4) is 0 Å². The molecule has 2 aromatic rings. The van der Waals surface area contributed by atoms with Crippen LogP contribution in [-0.4, -0.2) is 47.5 Å². The third kappa shape index (κ3) is 6.92. The molecule has 0 saturated carbocycles. The van der Waals surface area contributed by atoms with Gasteiger partial charge in [-0.25, -0.2) is 4.98 Å². The van der Waals surface area contributed by atoms with Gasteiger partial charge >= 0.3 is 0 Å². The summed E-state index contributed by atoms with van der Waals surface area (Å²) >= 11 is 1.89. The van der Waals surface area contributed by atoms with Crippen molar-refractivity contribution >= 4 is 42.4 Å². The highest BCUT2D eigenvalue weighted by molar-refractivity contribution is 14.1. The van der Waals surface area contributed by atoms with Crippen LogP contribution >= 0.6 is 31.4 Å². The van der Waals surface area contributed by atoms with Gasteiger partial charge < -0.3 is 27.4 Å². The minimum absolute atomic E-state index is 0.149. The first-order chi connectivity index (χ1) is 12.3. The minimum atomic E-state index is -0.834. The lowest BCUT2D eigenvalue weighted by Gasteiger charge is -2.16. The van der Waals surface area contributed by atoms with Crippen molar-refractivity contribution in [2.24, 2.45) is 0 Å². The maximum absolute atomic E-state index is 11.7. The second kappa shape index (κ2) is 11.9. The summed E-state index contributed by atoms with van der Waals surface area (Å²) in [5.41, 5.74) is 2.07. The van der Waals surface area contributed by atoms with Crippen LogP contribution in [0, 0.1) is 0 Å². The first-order valence-corrected chi connectivity index (χ1v) is 10.5. The molecule has 0 aliphatic heterocycles. The maximum Gasteiger partial charge on any atom is 0.275 e. The Morgan fingerprint density at radius 3 is 2.96 bits per heavy atom. The average molecular weight is 482 g/mol. The van der Waals surface area contributed by atoms with Crippen molar-refractivity contribution < 1.29 is 12.1 Å². The largest absolute Gasteiger partial charge is 0.355 e. The summed E-state index contributed by atoms with van der Waals surface area (Å²) in [6.45, 7) is 5.52. The zero-order valence-electron chi connectivity index (χ0n) is 14.2. The Labute approximate surface area is 162 Å². The molecule has 1 unspecified atom stereocenters. The molecule has 2 heterocycles. The van der Waals surface area contributed by atoms with Gasteiger partial charge in [-0.3, -0.25) is 4.79 Å². The van der Waals surface area contributed by atoms with Crippen LogP contribution in [0.4, 0.5) is 0 Å². The number of hydrogen-bond acceptors (Lipinski definition) is 6. The number of hydrogen-bond donors (Lipinski definition) is 3. The van der Waals surface area contributed by atoms with Crippen LogP contribution in [0.5, 0.6) is 0 Å². The van der Waals surface area contributed by atoms with Crippen LogP contribution in [0.1, 0.15) is 25.3 Å². The quantitative estimate of drug-likeness (QED) is 0.231. The Morgan fingerprint density at radius 1 is 1.28 bits per heavy atom. The Kier molecular flexibility index (Phi) is 9.89. The molecule has 8 nitrogen and oxygen atoms in total. The molecule has 3 N–H and O–H groups in total. The third-order valence-electron chi connectivity index (χ3n) is 3.43. The van der Waals surface area contributed by atoms with E-state index in [1.165, 1.54) is 6.33 Å². The van der Waals surface area contributed by atoms with E-state index in [0.717, 1.165) is 31.1 Å². The van der Waals surface area contributed by atoms with Gasteiger partial charge in [0.15, 0.2) is 8.38 Å². The summed E-state index contributed by atoms with van der Waals surface area (Å²) in [4.78, 5) is 21.4. The Morgan fingerprint density at radius 2 is 2.16 bits per heavy atom. The van der Waals surface area contributed by atoms with Gasteiger partial charge in [-0.05, 0) is 26.3 Å². The fourth-order valence-corrected chi connectivity index (χ4v) is 3.97. The summed E-state index contributed by atoms with van der Waals surface area (Å²) < 4.78 is 16.4. The second-order valence-corrected chi connectivity index (χ2v) is 7.53. The van der Waals surface area contributed by atoms with E-state index in [1.807, 2.05) is 36.1 Å². The number of nitrogens with one attached hydrogen (secondary N) is 3. The fraction of sp³-hybridized carbons (Fsp3) is 0.600. The van der Waals surface area contributed by atoms with Crippen molar-refractivity contribution in [1.82, 2.24) is 20.3 Å². The molecule has 0 radical (unpaired) electrons. The normalized spacial score (nSPS) is 12.7. The second-order valence-electron chi connectivity index (χ2n) is 5.27. The van der Waals surface area contributed by atoms with E-state index < -0.39 is 8.38 Å². The lowest BCUT2D eigenvalue weighted by Crippen LogP contribution is -2.16. The first-order valence-electron chi connectivity index (χ1n) is 8.27. The molecule has 1 atom stereocenters. The van der Waals surface area contributed by atoms with Crippen molar-refractivity contribution in [1.29, 1.82) is 0 Å². The van der Waals surface area contributed by atoms with Gasteiger partial charge in [-0.1, -0.05) is 0 Å². The van der Waals surface area contributed by atoms with Crippen molar-refractivity contribution in [3.63, 3.8) is 0 Å². The topological polar surface area (TPSA) is 101 Å². The fourth-order valence-electron chi connectivity index (χ4n) is 2.29. The van der Waals surface area contributed by atoms with Crippen LogP contribution in [0.25, 0.3) is 11.0 Å². The molecule has 10 heteroatoms. The summed E-state index contributed by atoms with van der Waals surface area (Å²) in [6, 6.07) is 0. The molecule has 0 saturated heterocycles. The number of rotatable bonds is 13. The summed E-state index contributed by atoms with van der Waals surface area (Å²) in [5, 5.41) is 3.38. The van der Waals surface area contributed by atoms with E-state index in [4.69, 9.17) is 12.1 Å². The van der Waals surface area contributed by atoms with E-state index in [0.29, 0.717) is 37.4 Å². The average Bonchev–Trinajstić information content (AvgIpc) is 3.03. The number of halogens is 1. The molecular formula is C15H24IN4O4P. The van der Waals surface area contributed by atoms with Gasteiger partial charge in [-0.2, -0.15) is 0 Å². The summed E-state index contributed by atoms with van der Waals surface area (Å²) in [7, 11) is -0.834. The van der Waals surface area contributed by atoms with Crippen molar-refractivity contribution in [2.45, 2.75) is 26.3 Å². The number of nitrogens with zero attached hydrogens (tertiary/aromatic N) is 1. The summed E-state index contributed by atoms with van der Waals surface area (Å²) in [6.07, 6.45) is 5.99. The predicted molar refractivity (Wildman–Crippen MR) is 107 cm³/mol. The van der Waals surface area contributed by atoms with E-state index in [2.05, 4.69) is 20.3 Å². The number of aromatic nitrogens is 3. The van der Waals surface area contributed by atoms with Gasteiger partial charge in [0, 0.05) is 24.5 Å². The molecule has 2 aromatic heterocycles. The maximum atomic E-state index is 11.7. The number of fused-ring (bicyclic) bond motifs is 1. The van der Waals surface area contributed by atoms with E-state index >= 15 is 0 Å². The monoisotopic (exact) mass is 482 g/mol. The third-order valence-corrected chi connectivity index (χ3v) is 5.57. The molecule has 0 amide bonds. The molecule has 2 rings (SSSR count). The van der Waals surface area contributed by atoms with E-state index in [1.54, 1.807) is 0 Å². The van der Waals surface area contributed by atoms with Crippen molar-refractivity contribution in [3.05, 3.63) is 28.4 Å². The molecule has 0 fully saturated rings. The van der Waals surface area contributed by atoms with Crippen LogP contribution < -0.4 is 10.9 Å². The van der Waals surface area contributed by atoms with E-state index in [9.17, 15) is 4.79 Å². The molecule has 0 spiro atoms. The Balaban J connectivity index is 1.68. The van der Waals surface area contributed by atoms with Crippen molar-refractivity contribution in [2.75, 3.05) is 32.5 Å². The van der Waals surface area contributed by atoms with Crippen LogP contribution in [0.3, 0.4) is 0 Å². The molecule has 25 heavy (non-hydrogen) atoms. The minimum Gasteiger partial charge on any atom is -0.355 e. The molecule has 0 bridgehead atoms. The van der Waals surface area contributed by atoms with Gasteiger partial charge in [0.25, 0.3) is 5.56 Å².